The Morgan fingerprint density at radius 1 is 1.53 bits per heavy atom. The Bertz CT molecular complexity index is 425. The van der Waals surface area contributed by atoms with Crippen LogP contribution < -0.4 is 15.8 Å². The molecule has 1 aliphatic rings. The van der Waals surface area contributed by atoms with E-state index in [9.17, 15) is 9.18 Å². The van der Waals surface area contributed by atoms with Gasteiger partial charge in [0.1, 0.15) is 18.2 Å². The largest absolute Gasteiger partial charge is 0.490 e. The van der Waals surface area contributed by atoms with E-state index in [-0.39, 0.29) is 19.3 Å². The molecule has 6 heteroatoms. The zero-order valence-electron chi connectivity index (χ0n) is 9.11. The third-order valence-corrected chi connectivity index (χ3v) is 2.35. The second-order valence-corrected chi connectivity index (χ2v) is 3.72. The van der Waals surface area contributed by atoms with Gasteiger partial charge < -0.3 is 20.5 Å². The molecule has 1 heterocycles. The van der Waals surface area contributed by atoms with Crippen molar-refractivity contribution < 1.29 is 18.7 Å². The summed E-state index contributed by atoms with van der Waals surface area (Å²) in [5.41, 5.74) is 6.08. The number of hydrogen-bond donors (Lipinski definition) is 2. The van der Waals surface area contributed by atoms with Crippen LogP contribution in [0.15, 0.2) is 18.2 Å². The first-order chi connectivity index (χ1) is 8.17. The van der Waals surface area contributed by atoms with Crippen molar-refractivity contribution in [1.29, 1.82) is 0 Å². The van der Waals surface area contributed by atoms with Crippen molar-refractivity contribution in [3.63, 3.8) is 0 Å². The summed E-state index contributed by atoms with van der Waals surface area (Å²) in [6.07, 6.45) is -0.799. The van der Waals surface area contributed by atoms with E-state index in [1.54, 1.807) is 6.07 Å². The summed E-state index contributed by atoms with van der Waals surface area (Å²) in [4.78, 5) is 10.8. The van der Waals surface area contributed by atoms with Crippen LogP contribution in [0.25, 0.3) is 0 Å². The van der Waals surface area contributed by atoms with Crippen molar-refractivity contribution in [2.75, 3.05) is 13.2 Å². The summed E-state index contributed by atoms with van der Waals surface area (Å²) in [6.45, 7) is 0.832. The van der Waals surface area contributed by atoms with Crippen molar-refractivity contribution in [2.24, 2.45) is 5.73 Å². The number of carbonyl (C=O) groups excluding carboxylic acids is 1. The number of hydrogen-bond acceptors (Lipinski definition) is 4. The molecule has 0 spiro atoms. The van der Waals surface area contributed by atoms with Gasteiger partial charge in [0, 0.05) is 12.6 Å². The summed E-state index contributed by atoms with van der Waals surface area (Å²) in [5, 5.41) is 2.50. The van der Waals surface area contributed by atoms with Gasteiger partial charge in [-0.3, -0.25) is 0 Å². The lowest BCUT2D eigenvalue weighted by atomic mass is 10.2. The Kier molecular flexibility index (Phi) is 3.43. The highest BCUT2D eigenvalue weighted by atomic mass is 19.1. The summed E-state index contributed by atoms with van der Waals surface area (Å²) in [6, 6.07) is 4.28. The molecule has 1 aliphatic heterocycles. The lowest BCUT2D eigenvalue weighted by molar-refractivity contribution is 0.104. The van der Waals surface area contributed by atoms with E-state index in [2.05, 4.69) is 5.32 Å². The molecule has 2 rings (SSSR count). The number of nitrogens with one attached hydrogen (secondary N) is 1. The van der Waals surface area contributed by atoms with Crippen molar-refractivity contribution in [1.82, 2.24) is 5.32 Å². The summed E-state index contributed by atoms with van der Waals surface area (Å²) in [5.74, 6) is -0.0158. The van der Waals surface area contributed by atoms with Gasteiger partial charge in [-0.25, -0.2) is 9.18 Å². The number of nitrogens with two attached hydrogens (primary N) is 1. The average Bonchev–Trinajstić information content (AvgIpc) is 2.72. The van der Waals surface area contributed by atoms with Gasteiger partial charge in [-0.15, -0.1) is 0 Å². The predicted molar refractivity (Wildman–Crippen MR) is 58.1 cm³/mol. The van der Waals surface area contributed by atoms with Crippen molar-refractivity contribution in [2.45, 2.75) is 12.6 Å². The van der Waals surface area contributed by atoms with Crippen molar-refractivity contribution in [3.8, 4) is 5.75 Å². The monoisotopic (exact) mass is 240 g/mol. The van der Waals surface area contributed by atoms with Crippen LogP contribution in [0.1, 0.15) is 5.56 Å². The summed E-state index contributed by atoms with van der Waals surface area (Å²) >= 11 is 0. The highest BCUT2D eigenvalue weighted by molar-refractivity contribution is 5.69. The van der Waals surface area contributed by atoms with Gasteiger partial charge in [-0.05, 0) is 17.7 Å². The molecule has 92 valence electrons. The molecular formula is C11H13FN2O3. The molecule has 0 radical (unpaired) electrons. The molecular weight excluding hydrogens is 227 g/mol. The number of halogens is 1. The number of ether oxygens (including phenoxy) is 2. The summed E-state index contributed by atoms with van der Waals surface area (Å²) < 4.78 is 23.4. The van der Waals surface area contributed by atoms with Gasteiger partial charge in [0.05, 0.1) is 6.54 Å². The van der Waals surface area contributed by atoms with E-state index in [1.165, 1.54) is 12.1 Å². The van der Waals surface area contributed by atoms with Gasteiger partial charge in [0.15, 0.2) is 6.10 Å². The van der Waals surface area contributed by atoms with E-state index in [0.717, 1.165) is 0 Å². The highest BCUT2D eigenvalue weighted by Crippen LogP contribution is 2.17. The van der Waals surface area contributed by atoms with E-state index in [0.29, 0.717) is 17.9 Å². The molecule has 1 fully saturated rings. The second-order valence-electron chi connectivity index (χ2n) is 3.72. The van der Waals surface area contributed by atoms with Gasteiger partial charge in [-0.1, -0.05) is 0 Å². The first kappa shape index (κ1) is 11.7. The van der Waals surface area contributed by atoms with E-state index in [1.807, 2.05) is 0 Å². The molecule has 1 aromatic carbocycles. The van der Waals surface area contributed by atoms with Gasteiger partial charge in [0.2, 0.25) is 0 Å². The quantitative estimate of drug-likeness (QED) is 0.815. The molecule has 0 saturated carbocycles. The van der Waals surface area contributed by atoms with Crippen LogP contribution in [0.5, 0.6) is 5.75 Å². The zero-order chi connectivity index (χ0) is 12.3. The van der Waals surface area contributed by atoms with Crippen LogP contribution in [0, 0.1) is 5.82 Å². The molecule has 0 aliphatic carbocycles. The molecule has 1 unspecified atom stereocenters. The molecule has 1 amide bonds. The number of amides is 1. The summed E-state index contributed by atoms with van der Waals surface area (Å²) in [7, 11) is 0. The highest BCUT2D eigenvalue weighted by Gasteiger charge is 2.22. The molecule has 0 bridgehead atoms. The fraction of sp³-hybridized carbons (Fsp3) is 0.364. The fourth-order valence-corrected chi connectivity index (χ4v) is 1.54. The van der Waals surface area contributed by atoms with Gasteiger partial charge in [0.25, 0.3) is 0 Å². The molecule has 3 N–H and O–H groups in total. The maximum absolute atomic E-state index is 13.1. The smallest absolute Gasteiger partial charge is 0.407 e. The first-order valence-electron chi connectivity index (χ1n) is 5.24. The number of cyclic esters (lactones) is 1. The van der Waals surface area contributed by atoms with Crippen LogP contribution >= 0.6 is 0 Å². The maximum Gasteiger partial charge on any atom is 0.407 e. The molecule has 5 nitrogen and oxygen atoms in total. The minimum atomic E-state index is -0.458. The molecule has 17 heavy (non-hydrogen) atoms. The topological polar surface area (TPSA) is 73.6 Å². The third-order valence-electron chi connectivity index (χ3n) is 2.35. The molecule has 1 aromatic rings. The van der Waals surface area contributed by atoms with E-state index in [4.69, 9.17) is 15.2 Å². The lowest BCUT2D eigenvalue weighted by Crippen LogP contribution is -2.22. The van der Waals surface area contributed by atoms with Crippen molar-refractivity contribution >= 4 is 6.09 Å². The SMILES string of the molecule is NCc1cc(F)cc(OCC2CNC(=O)O2)c1. The number of alkyl carbamates (subject to hydrolysis) is 1. The average molecular weight is 240 g/mol. The Labute approximate surface area is 97.7 Å². The predicted octanol–water partition coefficient (Wildman–Crippen LogP) is 0.772. The standard InChI is InChI=1S/C11H13FN2O3/c12-8-1-7(4-13)2-9(3-8)16-6-10-5-14-11(15)17-10/h1-3,10H,4-6,13H2,(H,14,15). The van der Waals surface area contributed by atoms with Crippen LogP contribution in [-0.4, -0.2) is 25.3 Å². The zero-order valence-corrected chi connectivity index (χ0v) is 9.11. The van der Waals surface area contributed by atoms with E-state index < -0.39 is 11.9 Å². The minimum Gasteiger partial charge on any atom is -0.490 e. The van der Waals surface area contributed by atoms with Crippen LogP contribution in [0.4, 0.5) is 9.18 Å². The fourth-order valence-electron chi connectivity index (χ4n) is 1.54. The number of rotatable bonds is 4. The molecule has 1 saturated heterocycles. The lowest BCUT2D eigenvalue weighted by Gasteiger charge is -2.11. The maximum atomic E-state index is 13.1. The van der Waals surface area contributed by atoms with Crippen LogP contribution in [0.3, 0.4) is 0 Å². The Balaban J connectivity index is 1.94. The van der Waals surface area contributed by atoms with Gasteiger partial charge in [-0.2, -0.15) is 0 Å². The minimum absolute atomic E-state index is 0.187. The number of carbonyl (C=O) groups is 1. The van der Waals surface area contributed by atoms with E-state index >= 15 is 0 Å². The molecule has 1 atom stereocenters. The Morgan fingerprint density at radius 3 is 3.00 bits per heavy atom. The van der Waals surface area contributed by atoms with Gasteiger partial charge >= 0.3 is 6.09 Å². The Hall–Kier alpha value is -1.82. The van der Waals surface area contributed by atoms with Crippen LogP contribution in [0.2, 0.25) is 0 Å². The second kappa shape index (κ2) is 5.01. The molecule has 0 aromatic heterocycles. The normalized spacial score (nSPS) is 18.7. The number of benzene rings is 1. The first-order valence-corrected chi connectivity index (χ1v) is 5.24. The van der Waals surface area contributed by atoms with Crippen molar-refractivity contribution in [3.05, 3.63) is 29.6 Å². The van der Waals surface area contributed by atoms with Crippen LogP contribution in [-0.2, 0) is 11.3 Å². The Morgan fingerprint density at radius 2 is 2.35 bits per heavy atom. The third kappa shape index (κ3) is 3.07.